The first kappa shape index (κ1) is 14.6. The molecule has 0 radical (unpaired) electrons. The number of nitrogens with one attached hydrogen (secondary N) is 1. The van der Waals surface area contributed by atoms with Gasteiger partial charge in [-0.2, -0.15) is 0 Å². The van der Waals surface area contributed by atoms with Gasteiger partial charge in [-0.15, -0.1) is 0 Å². The molecule has 110 valence electrons. The minimum Gasteiger partial charge on any atom is -0.475 e. The molecule has 1 aromatic heterocycles. The fourth-order valence-corrected chi connectivity index (χ4v) is 2.53. The number of methoxy groups -OCH3 is 1. The van der Waals surface area contributed by atoms with Crippen LogP contribution < -0.4 is 5.32 Å². The Morgan fingerprint density at radius 3 is 2.40 bits per heavy atom. The Hall–Kier alpha value is -1.82. The summed E-state index contributed by atoms with van der Waals surface area (Å²) in [5, 5.41) is 11.6. The average molecular weight is 281 g/mol. The van der Waals surface area contributed by atoms with Gasteiger partial charge < -0.3 is 19.6 Å². The molecule has 0 aromatic carbocycles. The minimum absolute atomic E-state index is 0.00391. The highest BCUT2D eigenvalue weighted by molar-refractivity contribution is 5.93. The SMILES string of the molecule is CO[C@]1(C)C[C@H](NC(=O)c2ccc(C(=O)O)o2)C1(C)C. The zero-order valence-corrected chi connectivity index (χ0v) is 12.0. The Kier molecular flexibility index (Phi) is 3.37. The van der Waals surface area contributed by atoms with Crippen molar-refractivity contribution in [1.82, 2.24) is 5.32 Å². The second kappa shape index (κ2) is 4.63. The Bertz CT molecular complexity index is 548. The second-order valence-electron chi connectivity index (χ2n) is 5.86. The van der Waals surface area contributed by atoms with Crippen molar-refractivity contribution in [2.24, 2.45) is 5.41 Å². The van der Waals surface area contributed by atoms with Crippen LogP contribution in [0.15, 0.2) is 16.5 Å². The molecule has 1 aromatic rings. The van der Waals surface area contributed by atoms with Crippen molar-refractivity contribution in [2.75, 3.05) is 7.11 Å². The first-order valence-corrected chi connectivity index (χ1v) is 6.40. The van der Waals surface area contributed by atoms with Gasteiger partial charge in [0.15, 0.2) is 5.76 Å². The van der Waals surface area contributed by atoms with E-state index in [1.54, 1.807) is 7.11 Å². The summed E-state index contributed by atoms with van der Waals surface area (Å²) in [6, 6.07) is 2.58. The van der Waals surface area contributed by atoms with E-state index in [1.165, 1.54) is 12.1 Å². The highest BCUT2D eigenvalue weighted by Crippen LogP contribution is 2.51. The zero-order chi connectivity index (χ0) is 15.1. The lowest BCUT2D eigenvalue weighted by Gasteiger charge is -2.59. The van der Waals surface area contributed by atoms with E-state index >= 15 is 0 Å². The predicted octanol–water partition coefficient (Wildman–Crippen LogP) is 1.91. The largest absolute Gasteiger partial charge is 0.475 e. The maximum absolute atomic E-state index is 12.0. The first-order valence-electron chi connectivity index (χ1n) is 6.40. The van der Waals surface area contributed by atoms with E-state index in [-0.39, 0.29) is 28.6 Å². The summed E-state index contributed by atoms with van der Waals surface area (Å²) in [4.78, 5) is 22.7. The van der Waals surface area contributed by atoms with Crippen molar-refractivity contribution in [3.63, 3.8) is 0 Å². The van der Waals surface area contributed by atoms with Gasteiger partial charge in [0.25, 0.3) is 5.91 Å². The number of rotatable bonds is 4. The summed E-state index contributed by atoms with van der Waals surface area (Å²) in [6.07, 6.45) is 0.703. The number of hydrogen-bond acceptors (Lipinski definition) is 4. The normalized spacial score (nSPS) is 27.7. The number of amides is 1. The van der Waals surface area contributed by atoms with E-state index in [2.05, 4.69) is 5.32 Å². The third-order valence-electron chi connectivity index (χ3n) is 4.62. The molecular weight excluding hydrogens is 262 g/mol. The van der Waals surface area contributed by atoms with Crippen LogP contribution in [0.4, 0.5) is 0 Å². The van der Waals surface area contributed by atoms with Gasteiger partial charge in [-0.25, -0.2) is 4.79 Å². The molecule has 1 saturated carbocycles. The van der Waals surface area contributed by atoms with Crippen LogP contribution >= 0.6 is 0 Å². The number of hydrogen-bond donors (Lipinski definition) is 2. The maximum Gasteiger partial charge on any atom is 0.371 e. The minimum atomic E-state index is -1.19. The molecule has 0 spiro atoms. The molecule has 6 heteroatoms. The lowest BCUT2D eigenvalue weighted by molar-refractivity contribution is -0.177. The van der Waals surface area contributed by atoms with Crippen molar-refractivity contribution in [3.05, 3.63) is 23.7 Å². The van der Waals surface area contributed by atoms with E-state index in [4.69, 9.17) is 14.3 Å². The van der Waals surface area contributed by atoms with E-state index in [0.29, 0.717) is 6.42 Å². The molecule has 1 aliphatic carbocycles. The van der Waals surface area contributed by atoms with Gasteiger partial charge in [-0.1, -0.05) is 13.8 Å². The van der Waals surface area contributed by atoms with Gasteiger partial charge in [0.2, 0.25) is 5.76 Å². The van der Waals surface area contributed by atoms with Gasteiger partial charge in [0.1, 0.15) is 0 Å². The molecule has 2 atom stereocenters. The molecule has 0 bridgehead atoms. The van der Waals surface area contributed by atoms with E-state index < -0.39 is 11.9 Å². The molecule has 6 nitrogen and oxygen atoms in total. The van der Waals surface area contributed by atoms with E-state index in [9.17, 15) is 9.59 Å². The Morgan fingerprint density at radius 2 is 1.95 bits per heavy atom. The highest BCUT2D eigenvalue weighted by Gasteiger charge is 2.58. The highest BCUT2D eigenvalue weighted by atomic mass is 16.5. The molecular formula is C14H19NO5. The third-order valence-corrected chi connectivity index (χ3v) is 4.62. The number of carboxylic acid groups (broad SMARTS) is 1. The molecule has 1 fully saturated rings. The van der Waals surface area contributed by atoms with Crippen LogP contribution in [-0.2, 0) is 4.74 Å². The fraction of sp³-hybridized carbons (Fsp3) is 0.571. The van der Waals surface area contributed by atoms with Gasteiger partial charge in [0, 0.05) is 18.6 Å². The van der Waals surface area contributed by atoms with Crippen LogP contribution in [0.5, 0.6) is 0 Å². The molecule has 0 saturated heterocycles. The zero-order valence-electron chi connectivity index (χ0n) is 12.0. The molecule has 1 heterocycles. The fourth-order valence-electron chi connectivity index (χ4n) is 2.53. The summed E-state index contributed by atoms with van der Waals surface area (Å²) >= 11 is 0. The summed E-state index contributed by atoms with van der Waals surface area (Å²) in [5.41, 5.74) is -0.486. The number of carboxylic acids is 1. The molecule has 1 amide bonds. The van der Waals surface area contributed by atoms with Gasteiger partial charge in [-0.3, -0.25) is 4.79 Å². The van der Waals surface area contributed by atoms with Crippen molar-refractivity contribution in [2.45, 2.75) is 38.8 Å². The van der Waals surface area contributed by atoms with Crippen LogP contribution in [0.3, 0.4) is 0 Å². The van der Waals surface area contributed by atoms with Crippen LogP contribution in [0, 0.1) is 5.41 Å². The van der Waals surface area contributed by atoms with Crippen LogP contribution in [0.1, 0.15) is 48.3 Å². The van der Waals surface area contributed by atoms with Crippen molar-refractivity contribution in [1.29, 1.82) is 0 Å². The van der Waals surface area contributed by atoms with Crippen LogP contribution in [0.2, 0.25) is 0 Å². The van der Waals surface area contributed by atoms with Crippen LogP contribution in [-0.4, -0.2) is 35.7 Å². The summed E-state index contributed by atoms with van der Waals surface area (Å²) < 4.78 is 10.5. The maximum atomic E-state index is 12.0. The van der Waals surface area contributed by atoms with E-state index in [1.807, 2.05) is 20.8 Å². The smallest absolute Gasteiger partial charge is 0.371 e. The Morgan fingerprint density at radius 1 is 1.35 bits per heavy atom. The molecule has 1 aliphatic rings. The summed E-state index contributed by atoms with van der Waals surface area (Å²) in [6.45, 7) is 6.05. The third kappa shape index (κ3) is 2.10. The van der Waals surface area contributed by atoms with Crippen molar-refractivity contribution >= 4 is 11.9 Å². The van der Waals surface area contributed by atoms with Crippen LogP contribution in [0.25, 0.3) is 0 Å². The standard InChI is InChI=1S/C14H19NO5/c1-13(2)10(7-14(13,3)19-4)15-11(16)8-5-6-9(20-8)12(17)18/h5-6,10H,7H2,1-4H3,(H,15,16)(H,17,18)/t10-,14+/m0/s1. The molecule has 2 rings (SSSR count). The van der Waals surface area contributed by atoms with Crippen molar-refractivity contribution < 1.29 is 23.8 Å². The summed E-state index contributed by atoms with van der Waals surface area (Å²) in [7, 11) is 1.66. The monoisotopic (exact) mass is 281 g/mol. The molecule has 2 N–H and O–H groups in total. The number of carbonyl (C=O) groups is 2. The molecule has 0 unspecified atom stereocenters. The van der Waals surface area contributed by atoms with Gasteiger partial charge in [0.05, 0.1) is 5.60 Å². The average Bonchev–Trinajstić information content (AvgIpc) is 2.87. The number of furan rings is 1. The van der Waals surface area contributed by atoms with Crippen molar-refractivity contribution in [3.8, 4) is 0 Å². The lowest BCUT2D eigenvalue weighted by atomic mass is 9.56. The molecule has 20 heavy (non-hydrogen) atoms. The second-order valence-corrected chi connectivity index (χ2v) is 5.86. The number of carbonyl (C=O) groups excluding carboxylic acids is 1. The Balaban J connectivity index is 2.04. The Labute approximate surface area is 117 Å². The summed E-state index contributed by atoms with van der Waals surface area (Å²) in [5.74, 6) is -1.84. The first-order chi connectivity index (χ1) is 9.21. The lowest BCUT2D eigenvalue weighted by Crippen LogP contribution is -2.68. The quantitative estimate of drug-likeness (QED) is 0.880. The topological polar surface area (TPSA) is 88.8 Å². The molecule has 0 aliphatic heterocycles. The van der Waals surface area contributed by atoms with E-state index in [0.717, 1.165) is 0 Å². The van der Waals surface area contributed by atoms with Gasteiger partial charge in [-0.05, 0) is 25.5 Å². The number of aromatic carboxylic acids is 1. The predicted molar refractivity (Wildman–Crippen MR) is 70.7 cm³/mol. The van der Waals surface area contributed by atoms with Gasteiger partial charge >= 0.3 is 5.97 Å². The number of ether oxygens (including phenoxy) is 1.